The average Bonchev–Trinajstić information content (AvgIpc) is 2.47. The van der Waals surface area contributed by atoms with Gasteiger partial charge in [0, 0.05) is 6.42 Å². The summed E-state index contributed by atoms with van der Waals surface area (Å²) in [6, 6.07) is 9.56. The van der Waals surface area contributed by atoms with Crippen LogP contribution in [-0.4, -0.2) is 0 Å². The third kappa shape index (κ3) is 2.33. The van der Waals surface area contributed by atoms with E-state index in [1.54, 1.807) is 6.07 Å². The maximum atomic E-state index is 13.4. The molecule has 106 valence electrons. The first kappa shape index (κ1) is 13.5. The molecule has 0 saturated heterocycles. The predicted molar refractivity (Wildman–Crippen MR) is 77.2 cm³/mol. The van der Waals surface area contributed by atoms with E-state index < -0.39 is 11.6 Å². The molecule has 1 heterocycles. The van der Waals surface area contributed by atoms with Gasteiger partial charge in [-0.25, -0.2) is 8.78 Å². The summed E-state index contributed by atoms with van der Waals surface area (Å²) in [6.07, 6.45) is 0.481. The largest absolute Gasteiger partial charge is 0.460 e. The molecule has 1 aromatic heterocycles. The molecule has 0 fully saturated rings. The van der Waals surface area contributed by atoms with Gasteiger partial charge in [-0.05, 0) is 35.9 Å². The summed E-state index contributed by atoms with van der Waals surface area (Å²) in [6.45, 7) is 1.84. The SMILES string of the molecule is CCc1oc2ccc(F)cc2c(=O)c1-c1cccc(F)c1. The standard InChI is InChI=1S/C17H12F2O2/c1-2-14-16(10-4-3-5-11(18)8-10)17(20)13-9-12(19)6-7-15(13)21-14/h3-9H,2H2,1H3. The van der Waals surface area contributed by atoms with E-state index in [9.17, 15) is 13.6 Å². The van der Waals surface area contributed by atoms with Gasteiger partial charge in [0.15, 0.2) is 0 Å². The molecule has 0 aliphatic rings. The van der Waals surface area contributed by atoms with Crippen LogP contribution in [0.25, 0.3) is 22.1 Å². The number of halogens is 2. The summed E-state index contributed by atoms with van der Waals surface area (Å²) in [5.74, 6) is -0.484. The van der Waals surface area contributed by atoms with Crippen LogP contribution in [0.3, 0.4) is 0 Å². The van der Waals surface area contributed by atoms with Crippen molar-refractivity contribution in [1.82, 2.24) is 0 Å². The summed E-state index contributed by atoms with van der Waals surface area (Å²) in [4.78, 5) is 12.6. The first-order valence-corrected chi connectivity index (χ1v) is 6.61. The first-order chi connectivity index (χ1) is 10.1. The second kappa shape index (κ2) is 5.13. The van der Waals surface area contributed by atoms with E-state index in [0.29, 0.717) is 23.3 Å². The highest BCUT2D eigenvalue weighted by Crippen LogP contribution is 2.25. The third-order valence-corrected chi connectivity index (χ3v) is 3.36. The molecule has 2 aromatic carbocycles. The van der Waals surface area contributed by atoms with Crippen molar-refractivity contribution in [3.8, 4) is 11.1 Å². The normalized spacial score (nSPS) is 11.0. The zero-order valence-corrected chi connectivity index (χ0v) is 11.3. The molecule has 0 atom stereocenters. The minimum atomic E-state index is -0.510. The highest BCUT2D eigenvalue weighted by Gasteiger charge is 2.16. The van der Waals surface area contributed by atoms with Crippen molar-refractivity contribution in [3.63, 3.8) is 0 Å². The molecule has 0 aliphatic carbocycles. The van der Waals surface area contributed by atoms with Crippen LogP contribution in [0.4, 0.5) is 8.78 Å². The molecule has 0 amide bonds. The zero-order valence-electron chi connectivity index (χ0n) is 11.3. The quantitative estimate of drug-likeness (QED) is 0.703. The Kier molecular flexibility index (Phi) is 3.29. The Hall–Kier alpha value is -2.49. The Labute approximate surface area is 119 Å². The van der Waals surface area contributed by atoms with Gasteiger partial charge in [-0.1, -0.05) is 19.1 Å². The Morgan fingerprint density at radius 3 is 2.52 bits per heavy atom. The van der Waals surface area contributed by atoms with Crippen molar-refractivity contribution in [1.29, 1.82) is 0 Å². The van der Waals surface area contributed by atoms with Crippen LogP contribution in [0.2, 0.25) is 0 Å². The number of hydrogen-bond acceptors (Lipinski definition) is 2. The molecule has 0 saturated carbocycles. The van der Waals surface area contributed by atoms with Gasteiger partial charge in [-0.2, -0.15) is 0 Å². The Morgan fingerprint density at radius 1 is 1.05 bits per heavy atom. The van der Waals surface area contributed by atoms with Gasteiger partial charge in [-0.3, -0.25) is 4.79 Å². The van der Waals surface area contributed by atoms with Gasteiger partial charge in [0.1, 0.15) is 23.0 Å². The number of fused-ring (bicyclic) bond motifs is 1. The van der Waals surface area contributed by atoms with Crippen LogP contribution in [0.5, 0.6) is 0 Å². The summed E-state index contributed by atoms with van der Waals surface area (Å²) >= 11 is 0. The minimum absolute atomic E-state index is 0.159. The lowest BCUT2D eigenvalue weighted by molar-refractivity contribution is 0.544. The Balaban J connectivity index is 2.40. The van der Waals surface area contributed by atoms with E-state index in [2.05, 4.69) is 0 Å². The smallest absolute Gasteiger partial charge is 0.200 e. The van der Waals surface area contributed by atoms with Crippen molar-refractivity contribution in [2.45, 2.75) is 13.3 Å². The van der Waals surface area contributed by atoms with E-state index in [1.165, 1.54) is 30.3 Å². The van der Waals surface area contributed by atoms with Gasteiger partial charge >= 0.3 is 0 Å². The lowest BCUT2D eigenvalue weighted by Crippen LogP contribution is -2.09. The molecule has 0 spiro atoms. The minimum Gasteiger partial charge on any atom is -0.460 e. The fourth-order valence-electron chi connectivity index (χ4n) is 2.40. The number of rotatable bonds is 2. The number of benzene rings is 2. The second-order valence-corrected chi connectivity index (χ2v) is 4.73. The second-order valence-electron chi connectivity index (χ2n) is 4.73. The van der Waals surface area contributed by atoms with E-state index in [1.807, 2.05) is 6.92 Å². The Morgan fingerprint density at radius 2 is 1.81 bits per heavy atom. The molecule has 0 N–H and O–H groups in total. The fraction of sp³-hybridized carbons (Fsp3) is 0.118. The molecule has 21 heavy (non-hydrogen) atoms. The van der Waals surface area contributed by atoms with Crippen LogP contribution < -0.4 is 5.43 Å². The van der Waals surface area contributed by atoms with E-state index >= 15 is 0 Å². The summed E-state index contributed by atoms with van der Waals surface area (Å²) in [5.41, 5.74) is 0.707. The monoisotopic (exact) mass is 286 g/mol. The van der Waals surface area contributed by atoms with Crippen molar-refractivity contribution in [3.05, 3.63) is 70.1 Å². The van der Waals surface area contributed by atoms with Gasteiger partial charge < -0.3 is 4.42 Å². The predicted octanol–water partition coefficient (Wildman–Crippen LogP) is 4.30. The van der Waals surface area contributed by atoms with Gasteiger partial charge in [-0.15, -0.1) is 0 Å². The molecule has 3 rings (SSSR count). The molecule has 0 unspecified atom stereocenters. The Bertz CT molecular complexity index is 882. The lowest BCUT2D eigenvalue weighted by atomic mass is 10.0. The molecule has 3 aromatic rings. The maximum Gasteiger partial charge on any atom is 0.200 e. The number of aryl methyl sites for hydroxylation is 1. The fourth-order valence-corrected chi connectivity index (χ4v) is 2.40. The van der Waals surface area contributed by atoms with Crippen molar-refractivity contribution in [2.75, 3.05) is 0 Å². The molecule has 0 radical (unpaired) electrons. The van der Waals surface area contributed by atoms with Gasteiger partial charge in [0.05, 0.1) is 10.9 Å². The van der Waals surface area contributed by atoms with Crippen LogP contribution in [0, 0.1) is 11.6 Å². The van der Waals surface area contributed by atoms with Crippen LogP contribution >= 0.6 is 0 Å². The maximum absolute atomic E-state index is 13.4. The van der Waals surface area contributed by atoms with E-state index in [-0.39, 0.29) is 16.4 Å². The van der Waals surface area contributed by atoms with E-state index in [0.717, 1.165) is 6.07 Å². The highest BCUT2D eigenvalue weighted by molar-refractivity contribution is 5.82. The van der Waals surface area contributed by atoms with Gasteiger partial charge in [0.25, 0.3) is 0 Å². The van der Waals surface area contributed by atoms with Crippen molar-refractivity contribution in [2.24, 2.45) is 0 Å². The van der Waals surface area contributed by atoms with Gasteiger partial charge in [0.2, 0.25) is 5.43 Å². The lowest BCUT2D eigenvalue weighted by Gasteiger charge is -2.09. The summed E-state index contributed by atoms with van der Waals surface area (Å²) < 4.78 is 32.4. The average molecular weight is 286 g/mol. The summed E-state index contributed by atoms with van der Waals surface area (Å²) in [7, 11) is 0. The molecular weight excluding hydrogens is 274 g/mol. The van der Waals surface area contributed by atoms with Crippen LogP contribution in [0.15, 0.2) is 51.7 Å². The van der Waals surface area contributed by atoms with Crippen molar-refractivity contribution < 1.29 is 13.2 Å². The third-order valence-electron chi connectivity index (χ3n) is 3.36. The number of hydrogen-bond donors (Lipinski definition) is 0. The van der Waals surface area contributed by atoms with Crippen LogP contribution in [0.1, 0.15) is 12.7 Å². The molecule has 0 aliphatic heterocycles. The van der Waals surface area contributed by atoms with Crippen LogP contribution in [-0.2, 0) is 6.42 Å². The molecular formula is C17H12F2O2. The molecule has 0 bridgehead atoms. The first-order valence-electron chi connectivity index (χ1n) is 6.61. The van der Waals surface area contributed by atoms with Crippen molar-refractivity contribution >= 4 is 11.0 Å². The highest BCUT2D eigenvalue weighted by atomic mass is 19.1. The molecule has 2 nitrogen and oxygen atoms in total. The molecule has 4 heteroatoms. The zero-order chi connectivity index (χ0) is 15.0. The van der Waals surface area contributed by atoms with E-state index in [4.69, 9.17) is 4.42 Å². The topological polar surface area (TPSA) is 30.2 Å². The summed E-state index contributed by atoms with van der Waals surface area (Å²) in [5, 5.41) is 0.159.